The quantitative estimate of drug-likeness (QED) is 0.645. The zero-order valence-corrected chi connectivity index (χ0v) is 14.8. The standard InChI is InChI=1S/C18H18FN3S2/c19-14-5-7-15(8-6-14)21-11-9-20(10-12-21)13-22-16-3-1-2-4-17(16)24-18(22)23/h1-8H,9-13H2. The summed E-state index contributed by atoms with van der Waals surface area (Å²) < 4.78 is 17.5. The minimum atomic E-state index is -0.184. The van der Waals surface area contributed by atoms with Gasteiger partial charge in [0, 0.05) is 31.9 Å². The van der Waals surface area contributed by atoms with Crippen LogP contribution in [0, 0.1) is 9.77 Å². The Labute approximate surface area is 149 Å². The predicted octanol–water partition coefficient (Wildman–Crippen LogP) is 4.35. The lowest BCUT2D eigenvalue weighted by molar-refractivity contribution is 0.209. The first kappa shape index (κ1) is 15.7. The van der Waals surface area contributed by atoms with Crippen LogP contribution in [-0.2, 0) is 6.67 Å². The first-order chi connectivity index (χ1) is 11.7. The van der Waals surface area contributed by atoms with Crippen molar-refractivity contribution in [2.75, 3.05) is 31.1 Å². The number of aromatic nitrogens is 1. The van der Waals surface area contributed by atoms with Gasteiger partial charge in [0.05, 0.1) is 16.9 Å². The minimum absolute atomic E-state index is 0.184. The van der Waals surface area contributed by atoms with Crippen molar-refractivity contribution in [2.45, 2.75) is 6.67 Å². The van der Waals surface area contributed by atoms with Gasteiger partial charge in [-0.05, 0) is 48.6 Å². The Morgan fingerprint density at radius 2 is 1.67 bits per heavy atom. The highest BCUT2D eigenvalue weighted by Gasteiger charge is 2.18. The maximum Gasteiger partial charge on any atom is 0.163 e. The Morgan fingerprint density at radius 1 is 0.958 bits per heavy atom. The summed E-state index contributed by atoms with van der Waals surface area (Å²) in [5, 5.41) is 0. The van der Waals surface area contributed by atoms with Crippen molar-refractivity contribution >= 4 is 39.5 Å². The van der Waals surface area contributed by atoms with Gasteiger partial charge < -0.3 is 9.47 Å². The van der Waals surface area contributed by atoms with Gasteiger partial charge in [0.2, 0.25) is 0 Å². The van der Waals surface area contributed by atoms with E-state index in [0.29, 0.717) is 0 Å². The number of hydrogen-bond acceptors (Lipinski definition) is 4. The summed E-state index contributed by atoms with van der Waals surface area (Å²) in [6, 6.07) is 15.1. The molecule has 0 bridgehead atoms. The van der Waals surface area contributed by atoms with Crippen LogP contribution in [0.3, 0.4) is 0 Å². The molecule has 124 valence electrons. The van der Waals surface area contributed by atoms with Gasteiger partial charge in [0.25, 0.3) is 0 Å². The molecule has 0 aliphatic carbocycles. The summed E-state index contributed by atoms with van der Waals surface area (Å²) >= 11 is 7.21. The third-order valence-electron chi connectivity index (χ3n) is 4.48. The molecule has 0 unspecified atom stereocenters. The molecule has 3 nitrogen and oxygen atoms in total. The van der Waals surface area contributed by atoms with Crippen LogP contribution in [0.4, 0.5) is 10.1 Å². The van der Waals surface area contributed by atoms with E-state index in [1.165, 1.54) is 22.3 Å². The number of nitrogens with zero attached hydrogens (tertiary/aromatic N) is 3. The first-order valence-corrected chi connectivity index (χ1v) is 9.24. The Balaban J connectivity index is 1.45. The number of rotatable bonds is 3. The molecule has 2 aromatic carbocycles. The summed E-state index contributed by atoms with van der Waals surface area (Å²) in [7, 11) is 0. The summed E-state index contributed by atoms with van der Waals surface area (Å²) in [6.45, 7) is 4.68. The molecule has 1 aliphatic rings. The van der Waals surface area contributed by atoms with E-state index in [2.05, 4.69) is 38.6 Å². The number of piperazine rings is 1. The second-order valence-corrected chi connectivity index (χ2v) is 7.66. The van der Waals surface area contributed by atoms with Crippen molar-refractivity contribution in [1.29, 1.82) is 0 Å². The van der Waals surface area contributed by atoms with Gasteiger partial charge in [-0.1, -0.05) is 12.1 Å². The molecule has 1 saturated heterocycles. The third kappa shape index (κ3) is 3.09. The molecular weight excluding hydrogens is 341 g/mol. The molecule has 4 rings (SSSR count). The smallest absolute Gasteiger partial charge is 0.163 e. The number of halogens is 1. The van der Waals surface area contributed by atoms with Crippen molar-refractivity contribution in [3.63, 3.8) is 0 Å². The van der Waals surface area contributed by atoms with Gasteiger partial charge in [-0.3, -0.25) is 4.90 Å². The Hall–Kier alpha value is -1.76. The SMILES string of the molecule is Fc1ccc(N2CCN(Cn3c(=S)sc4ccccc43)CC2)cc1. The van der Waals surface area contributed by atoms with Crippen LogP contribution < -0.4 is 4.90 Å². The maximum atomic E-state index is 13.1. The molecule has 0 atom stereocenters. The van der Waals surface area contributed by atoms with E-state index in [-0.39, 0.29) is 5.82 Å². The van der Waals surface area contributed by atoms with E-state index in [1.54, 1.807) is 11.3 Å². The van der Waals surface area contributed by atoms with Crippen molar-refractivity contribution in [3.05, 3.63) is 58.3 Å². The summed E-state index contributed by atoms with van der Waals surface area (Å²) in [4.78, 5) is 4.73. The number of thiazole rings is 1. The fourth-order valence-corrected chi connectivity index (χ4v) is 4.46. The maximum absolute atomic E-state index is 13.1. The van der Waals surface area contributed by atoms with Gasteiger partial charge >= 0.3 is 0 Å². The van der Waals surface area contributed by atoms with Crippen molar-refractivity contribution < 1.29 is 4.39 Å². The molecule has 0 amide bonds. The molecule has 0 N–H and O–H groups in total. The molecule has 1 aromatic heterocycles. The average molecular weight is 359 g/mol. The van der Waals surface area contributed by atoms with Gasteiger partial charge in [0.15, 0.2) is 3.95 Å². The molecule has 24 heavy (non-hydrogen) atoms. The predicted molar refractivity (Wildman–Crippen MR) is 101 cm³/mol. The first-order valence-electron chi connectivity index (χ1n) is 8.02. The van der Waals surface area contributed by atoms with Crippen LogP contribution in [0.15, 0.2) is 48.5 Å². The largest absolute Gasteiger partial charge is 0.369 e. The number of benzene rings is 2. The lowest BCUT2D eigenvalue weighted by atomic mass is 10.2. The van der Waals surface area contributed by atoms with Crippen LogP contribution in [0.5, 0.6) is 0 Å². The fourth-order valence-electron chi connectivity index (χ4n) is 3.15. The molecule has 2 heterocycles. The summed E-state index contributed by atoms with van der Waals surface area (Å²) in [6.07, 6.45) is 0. The van der Waals surface area contributed by atoms with Crippen LogP contribution in [0.25, 0.3) is 10.2 Å². The highest BCUT2D eigenvalue weighted by Crippen LogP contribution is 2.24. The van der Waals surface area contributed by atoms with Crippen LogP contribution in [0.1, 0.15) is 0 Å². The second-order valence-electron chi connectivity index (χ2n) is 5.99. The second kappa shape index (κ2) is 6.63. The van der Waals surface area contributed by atoms with E-state index in [0.717, 1.165) is 42.5 Å². The van der Waals surface area contributed by atoms with Gasteiger partial charge in [-0.15, -0.1) is 11.3 Å². The molecule has 3 aromatic rings. The fraction of sp³-hybridized carbons (Fsp3) is 0.278. The third-order valence-corrected chi connectivity index (χ3v) is 5.91. The average Bonchev–Trinajstić information content (AvgIpc) is 2.92. The van der Waals surface area contributed by atoms with E-state index in [9.17, 15) is 4.39 Å². The zero-order chi connectivity index (χ0) is 16.5. The molecule has 0 saturated carbocycles. The topological polar surface area (TPSA) is 11.4 Å². The van der Waals surface area contributed by atoms with E-state index in [4.69, 9.17) is 12.2 Å². The van der Waals surface area contributed by atoms with Crippen LogP contribution in [-0.4, -0.2) is 35.6 Å². The Bertz CT molecular complexity index is 893. The van der Waals surface area contributed by atoms with Crippen molar-refractivity contribution in [2.24, 2.45) is 0 Å². The zero-order valence-electron chi connectivity index (χ0n) is 13.2. The molecule has 0 radical (unpaired) electrons. The van der Waals surface area contributed by atoms with Crippen LogP contribution >= 0.6 is 23.6 Å². The summed E-state index contributed by atoms with van der Waals surface area (Å²) in [5.41, 5.74) is 2.31. The minimum Gasteiger partial charge on any atom is -0.369 e. The highest BCUT2D eigenvalue weighted by atomic mass is 32.1. The molecule has 0 spiro atoms. The van der Waals surface area contributed by atoms with Gasteiger partial charge in [0.1, 0.15) is 5.82 Å². The molecular formula is C18H18FN3S2. The van der Waals surface area contributed by atoms with E-state index >= 15 is 0 Å². The van der Waals surface area contributed by atoms with E-state index < -0.39 is 0 Å². The molecule has 1 fully saturated rings. The Morgan fingerprint density at radius 3 is 2.42 bits per heavy atom. The normalized spacial score (nSPS) is 16.0. The van der Waals surface area contributed by atoms with Gasteiger partial charge in [-0.25, -0.2) is 4.39 Å². The number of para-hydroxylation sites is 1. The van der Waals surface area contributed by atoms with Crippen molar-refractivity contribution in [3.8, 4) is 0 Å². The number of anilines is 1. The monoisotopic (exact) mass is 359 g/mol. The number of hydrogen-bond donors (Lipinski definition) is 0. The van der Waals surface area contributed by atoms with Crippen LogP contribution in [0.2, 0.25) is 0 Å². The lowest BCUT2D eigenvalue weighted by Gasteiger charge is -2.36. The number of fused-ring (bicyclic) bond motifs is 1. The van der Waals surface area contributed by atoms with Gasteiger partial charge in [-0.2, -0.15) is 0 Å². The lowest BCUT2D eigenvalue weighted by Crippen LogP contribution is -2.46. The van der Waals surface area contributed by atoms with E-state index in [1.807, 2.05) is 12.1 Å². The highest BCUT2D eigenvalue weighted by molar-refractivity contribution is 7.73. The molecule has 1 aliphatic heterocycles. The summed E-state index contributed by atoms with van der Waals surface area (Å²) in [5.74, 6) is -0.184. The molecule has 6 heteroatoms. The Kier molecular flexibility index (Phi) is 4.35. The van der Waals surface area contributed by atoms with Crippen molar-refractivity contribution in [1.82, 2.24) is 9.47 Å².